The van der Waals surface area contributed by atoms with Gasteiger partial charge in [0.1, 0.15) is 11.9 Å². The number of hydrogen-bond acceptors (Lipinski definition) is 3. The zero-order chi connectivity index (χ0) is 22.2. The Morgan fingerprint density at radius 3 is 2.10 bits per heavy atom. The minimum atomic E-state index is -0.857. The number of nitrogens with zero attached hydrogens (tertiary/aromatic N) is 1. The minimum Gasteiger partial charge on any atom is -0.352 e. The molecule has 3 aromatic rings. The number of likely N-dealkylation sites (N-methyl/N-ethyl adjacent to an activating group) is 1. The van der Waals surface area contributed by atoms with Crippen molar-refractivity contribution in [1.82, 2.24) is 15.5 Å². The van der Waals surface area contributed by atoms with Crippen LogP contribution in [0.5, 0.6) is 0 Å². The van der Waals surface area contributed by atoms with Crippen LogP contribution in [0.15, 0.2) is 84.9 Å². The van der Waals surface area contributed by atoms with Crippen molar-refractivity contribution in [2.45, 2.75) is 12.1 Å². The molecule has 5 nitrogen and oxygen atoms in total. The third-order valence-corrected chi connectivity index (χ3v) is 5.03. The molecular formula is C25H26FN3O2. The third kappa shape index (κ3) is 5.99. The van der Waals surface area contributed by atoms with Crippen molar-refractivity contribution in [1.29, 1.82) is 0 Å². The molecule has 3 rings (SSSR count). The number of carbonyl (C=O) groups excluding carboxylic acids is 2. The largest absolute Gasteiger partial charge is 0.352 e. The first kappa shape index (κ1) is 22.2. The summed E-state index contributed by atoms with van der Waals surface area (Å²) in [6.45, 7) is 0.264. The Morgan fingerprint density at radius 1 is 0.871 bits per heavy atom. The summed E-state index contributed by atoms with van der Waals surface area (Å²) in [6, 6.07) is 23.1. The lowest BCUT2D eigenvalue weighted by atomic mass is 10.0. The first-order valence-corrected chi connectivity index (χ1v) is 10.1. The van der Waals surface area contributed by atoms with E-state index in [1.165, 1.54) is 12.1 Å². The fourth-order valence-electron chi connectivity index (χ4n) is 3.36. The first-order valence-electron chi connectivity index (χ1n) is 10.1. The summed E-state index contributed by atoms with van der Waals surface area (Å²) in [7, 11) is 3.74. The van der Waals surface area contributed by atoms with Gasteiger partial charge in [0.2, 0.25) is 5.91 Å². The second-order valence-corrected chi connectivity index (χ2v) is 7.46. The molecule has 2 unspecified atom stereocenters. The van der Waals surface area contributed by atoms with Gasteiger partial charge in [-0.1, -0.05) is 60.7 Å². The highest BCUT2D eigenvalue weighted by Gasteiger charge is 2.25. The van der Waals surface area contributed by atoms with Crippen LogP contribution in [0.25, 0.3) is 0 Å². The van der Waals surface area contributed by atoms with E-state index in [1.807, 2.05) is 49.3 Å². The van der Waals surface area contributed by atoms with Gasteiger partial charge in [-0.25, -0.2) is 4.39 Å². The van der Waals surface area contributed by atoms with Crippen LogP contribution >= 0.6 is 0 Å². The summed E-state index contributed by atoms with van der Waals surface area (Å²) in [5.41, 5.74) is 1.91. The summed E-state index contributed by atoms with van der Waals surface area (Å²) in [5, 5.41) is 5.75. The van der Waals surface area contributed by atoms with Gasteiger partial charge < -0.3 is 15.5 Å². The van der Waals surface area contributed by atoms with Gasteiger partial charge in [-0.3, -0.25) is 9.59 Å². The normalized spacial score (nSPS) is 12.8. The second kappa shape index (κ2) is 10.5. The van der Waals surface area contributed by atoms with Crippen molar-refractivity contribution >= 4 is 11.8 Å². The zero-order valence-electron chi connectivity index (χ0n) is 17.6. The average Bonchev–Trinajstić information content (AvgIpc) is 2.78. The van der Waals surface area contributed by atoms with Crippen molar-refractivity contribution in [3.8, 4) is 0 Å². The van der Waals surface area contributed by atoms with Gasteiger partial charge in [0, 0.05) is 12.1 Å². The minimum absolute atomic E-state index is 0.221. The molecule has 0 aliphatic heterocycles. The summed E-state index contributed by atoms with van der Waals surface area (Å²) in [6.07, 6.45) is 0. The molecule has 0 aromatic heterocycles. The number of rotatable bonds is 8. The van der Waals surface area contributed by atoms with E-state index in [0.29, 0.717) is 11.1 Å². The maximum Gasteiger partial charge on any atom is 0.252 e. The molecule has 3 aromatic carbocycles. The lowest BCUT2D eigenvalue weighted by Gasteiger charge is -2.26. The lowest BCUT2D eigenvalue weighted by Crippen LogP contribution is -2.43. The quantitative estimate of drug-likeness (QED) is 0.585. The molecule has 0 saturated heterocycles. The topological polar surface area (TPSA) is 61.4 Å². The van der Waals surface area contributed by atoms with Crippen molar-refractivity contribution in [2.24, 2.45) is 0 Å². The summed E-state index contributed by atoms with van der Waals surface area (Å²) in [5.74, 6) is -0.995. The van der Waals surface area contributed by atoms with Crippen LogP contribution in [0.4, 0.5) is 4.39 Å². The van der Waals surface area contributed by atoms with E-state index in [9.17, 15) is 14.0 Å². The van der Waals surface area contributed by atoms with Crippen molar-refractivity contribution in [2.75, 3.05) is 20.6 Å². The van der Waals surface area contributed by atoms with E-state index >= 15 is 0 Å². The smallest absolute Gasteiger partial charge is 0.252 e. The Kier molecular flexibility index (Phi) is 7.51. The number of nitrogens with one attached hydrogen (secondary N) is 2. The lowest BCUT2D eigenvalue weighted by molar-refractivity contribution is -0.123. The molecule has 0 saturated carbocycles. The fourth-order valence-corrected chi connectivity index (χ4v) is 3.36. The van der Waals surface area contributed by atoms with Gasteiger partial charge in [-0.15, -0.1) is 0 Å². The van der Waals surface area contributed by atoms with Crippen LogP contribution in [0.1, 0.15) is 33.6 Å². The average molecular weight is 420 g/mol. The van der Waals surface area contributed by atoms with E-state index in [4.69, 9.17) is 0 Å². The maximum atomic E-state index is 13.7. The monoisotopic (exact) mass is 419 g/mol. The molecule has 2 amide bonds. The second-order valence-electron chi connectivity index (χ2n) is 7.46. The standard InChI is InChI=1S/C25H26FN3O2/c1-29(2)22(20-14-9-15-21(26)16-20)17-27-25(31)23(18-10-5-3-6-11-18)28-24(30)19-12-7-4-8-13-19/h3-16,22-23H,17H2,1-2H3,(H,27,31)(H,28,30). The summed E-state index contributed by atoms with van der Waals surface area (Å²) in [4.78, 5) is 27.7. The number of carbonyl (C=O) groups is 2. The van der Waals surface area contributed by atoms with Crippen LogP contribution in [0.2, 0.25) is 0 Å². The van der Waals surface area contributed by atoms with Gasteiger partial charge >= 0.3 is 0 Å². The Morgan fingerprint density at radius 2 is 1.48 bits per heavy atom. The summed E-state index contributed by atoms with van der Waals surface area (Å²) < 4.78 is 13.7. The number of hydrogen-bond donors (Lipinski definition) is 2. The Labute approximate surface area is 181 Å². The Hall–Kier alpha value is -3.51. The molecular weight excluding hydrogens is 393 g/mol. The van der Waals surface area contributed by atoms with Crippen molar-refractivity contribution in [3.05, 3.63) is 107 Å². The van der Waals surface area contributed by atoms with E-state index < -0.39 is 6.04 Å². The molecule has 0 aliphatic carbocycles. The zero-order valence-corrected chi connectivity index (χ0v) is 17.6. The predicted molar refractivity (Wildman–Crippen MR) is 119 cm³/mol. The van der Waals surface area contributed by atoms with E-state index in [-0.39, 0.29) is 30.2 Å². The van der Waals surface area contributed by atoms with E-state index in [2.05, 4.69) is 10.6 Å². The number of halogens is 1. The van der Waals surface area contributed by atoms with E-state index in [0.717, 1.165) is 5.56 Å². The van der Waals surface area contributed by atoms with Gasteiger partial charge in [-0.2, -0.15) is 0 Å². The fraction of sp³-hybridized carbons (Fsp3) is 0.200. The maximum absolute atomic E-state index is 13.7. The van der Waals surface area contributed by atoms with Crippen LogP contribution in [0, 0.1) is 5.82 Å². The van der Waals surface area contributed by atoms with E-state index in [1.54, 1.807) is 42.5 Å². The molecule has 2 atom stereocenters. The molecule has 160 valence electrons. The van der Waals surface area contributed by atoms with Gasteiger partial charge in [-0.05, 0) is 49.5 Å². The first-order chi connectivity index (χ1) is 15.0. The third-order valence-electron chi connectivity index (χ3n) is 5.03. The molecule has 0 radical (unpaired) electrons. The molecule has 0 heterocycles. The van der Waals surface area contributed by atoms with Crippen molar-refractivity contribution < 1.29 is 14.0 Å². The highest BCUT2D eigenvalue weighted by atomic mass is 19.1. The number of amides is 2. The van der Waals surface area contributed by atoms with Crippen LogP contribution in [0.3, 0.4) is 0 Å². The Balaban J connectivity index is 1.77. The molecule has 6 heteroatoms. The highest BCUT2D eigenvalue weighted by molar-refractivity contribution is 5.97. The molecule has 0 bridgehead atoms. The molecule has 0 spiro atoms. The Bertz CT molecular complexity index is 1010. The molecule has 2 N–H and O–H groups in total. The molecule has 31 heavy (non-hydrogen) atoms. The van der Waals surface area contributed by atoms with Gasteiger partial charge in [0.15, 0.2) is 0 Å². The summed E-state index contributed by atoms with van der Waals surface area (Å²) >= 11 is 0. The molecule has 0 aliphatic rings. The van der Waals surface area contributed by atoms with Gasteiger partial charge in [0.25, 0.3) is 5.91 Å². The van der Waals surface area contributed by atoms with Crippen LogP contribution in [-0.2, 0) is 4.79 Å². The van der Waals surface area contributed by atoms with Crippen molar-refractivity contribution in [3.63, 3.8) is 0 Å². The van der Waals surface area contributed by atoms with Gasteiger partial charge in [0.05, 0.1) is 6.04 Å². The van der Waals surface area contributed by atoms with Crippen LogP contribution in [-0.4, -0.2) is 37.4 Å². The van der Waals surface area contributed by atoms with Crippen LogP contribution < -0.4 is 10.6 Å². The predicted octanol–water partition coefficient (Wildman–Crippen LogP) is 3.72. The molecule has 0 fully saturated rings. The SMILES string of the molecule is CN(C)C(CNC(=O)C(NC(=O)c1ccccc1)c1ccccc1)c1cccc(F)c1. The number of benzene rings is 3. The highest BCUT2D eigenvalue weighted by Crippen LogP contribution is 2.19.